The zero-order valence-electron chi connectivity index (χ0n) is 14.6. The van der Waals surface area contributed by atoms with E-state index in [1.54, 1.807) is 11.3 Å². The highest BCUT2D eigenvalue weighted by Crippen LogP contribution is 2.45. The number of hydrogen-bond donors (Lipinski definition) is 0. The molecule has 2 amide bonds. The summed E-state index contributed by atoms with van der Waals surface area (Å²) < 4.78 is 5.56. The monoisotopic (exact) mass is 362 g/mol. The van der Waals surface area contributed by atoms with Crippen LogP contribution in [-0.2, 0) is 20.7 Å². The van der Waals surface area contributed by atoms with Crippen LogP contribution in [0.15, 0.2) is 16.8 Å². The van der Waals surface area contributed by atoms with Crippen molar-refractivity contribution in [1.29, 1.82) is 0 Å². The molecule has 1 aromatic rings. The second-order valence-electron chi connectivity index (χ2n) is 7.64. The third-order valence-electron chi connectivity index (χ3n) is 6.14. The molecule has 136 valence electrons. The fourth-order valence-corrected chi connectivity index (χ4v) is 5.29. The van der Waals surface area contributed by atoms with Crippen LogP contribution in [0.2, 0.25) is 0 Å². The fourth-order valence-electron chi connectivity index (χ4n) is 4.62. The average molecular weight is 362 g/mol. The Morgan fingerprint density at radius 3 is 2.64 bits per heavy atom. The van der Waals surface area contributed by atoms with E-state index >= 15 is 0 Å². The smallest absolute Gasteiger partial charge is 0.228 e. The first-order valence-electron chi connectivity index (χ1n) is 9.33. The lowest BCUT2D eigenvalue weighted by atomic mass is 9.71. The van der Waals surface area contributed by atoms with Gasteiger partial charge < -0.3 is 14.5 Å². The molecule has 3 aliphatic heterocycles. The first kappa shape index (κ1) is 17.0. The predicted molar refractivity (Wildman–Crippen MR) is 96.4 cm³/mol. The molecular weight excluding hydrogens is 336 g/mol. The Bertz CT molecular complexity index is 619. The molecule has 0 saturated carbocycles. The van der Waals surface area contributed by atoms with Gasteiger partial charge in [0, 0.05) is 44.8 Å². The van der Waals surface area contributed by atoms with Gasteiger partial charge in [-0.1, -0.05) is 0 Å². The second kappa shape index (κ2) is 7.08. The van der Waals surface area contributed by atoms with Crippen LogP contribution in [0.5, 0.6) is 0 Å². The number of carbonyl (C=O) groups is 2. The number of likely N-dealkylation sites (tertiary alicyclic amines) is 2. The van der Waals surface area contributed by atoms with Gasteiger partial charge in [0.15, 0.2) is 0 Å². The largest absolute Gasteiger partial charge is 0.381 e. The van der Waals surface area contributed by atoms with E-state index in [2.05, 4.69) is 0 Å². The minimum atomic E-state index is -0.0811. The highest BCUT2D eigenvalue weighted by atomic mass is 32.1. The molecule has 0 N–H and O–H groups in total. The number of thiophene rings is 1. The van der Waals surface area contributed by atoms with Crippen LogP contribution < -0.4 is 0 Å². The van der Waals surface area contributed by atoms with Crippen molar-refractivity contribution >= 4 is 23.2 Å². The van der Waals surface area contributed by atoms with Crippen molar-refractivity contribution in [2.75, 3.05) is 39.4 Å². The number of amides is 2. The molecular formula is C19H26N2O3S. The van der Waals surface area contributed by atoms with Crippen molar-refractivity contribution in [1.82, 2.24) is 9.80 Å². The van der Waals surface area contributed by atoms with Crippen molar-refractivity contribution < 1.29 is 14.3 Å². The highest BCUT2D eigenvalue weighted by molar-refractivity contribution is 7.08. The van der Waals surface area contributed by atoms with Gasteiger partial charge in [0.1, 0.15) is 0 Å². The number of carbonyl (C=O) groups excluding carboxylic acids is 2. The van der Waals surface area contributed by atoms with Crippen LogP contribution in [-0.4, -0.2) is 61.0 Å². The maximum atomic E-state index is 13.2. The summed E-state index contributed by atoms with van der Waals surface area (Å²) in [5.74, 6) is 0.368. The lowest BCUT2D eigenvalue weighted by Crippen LogP contribution is -2.45. The molecule has 25 heavy (non-hydrogen) atoms. The van der Waals surface area contributed by atoms with Gasteiger partial charge in [-0.05, 0) is 48.1 Å². The molecule has 3 saturated heterocycles. The van der Waals surface area contributed by atoms with E-state index in [0.29, 0.717) is 32.7 Å². The standard InChI is InChI=1S/C19H26N2O3S/c22-17(11-15-3-10-25-13-15)21-12-16(18(23)20-6-1-2-7-20)19(14-21)4-8-24-9-5-19/h3,10,13,16H,1-2,4-9,11-12,14H2/t16-/m0/s1. The summed E-state index contributed by atoms with van der Waals surface area (Å²) in [5, 5.41) is 4.04. The van der Waals surface area contributed by atoms with E-state index in [1.165, 1.54) is 0 Å². The van der Waals surface area contributed by atoms with E-state index < -0.39 is 0 Å². The first-order valence-corrected chi connectivity index (χ1v) is 10.3. The molecule has 6 heteroatoms. The molecule has 1 aromatic heterocycles. The zero-order chi connectivity index (χ0) is 17.3. The van der Waals surface area contributed by atoms with Crippen molar-refractivity contribution in [2.24, 2.45) is 11.3 Å². The van der Waals surface area contributed by atoms with Crippen LogP contribution in [0.25, 0.3) is 0 Å². The summed E-state index contributed by atoms with van der Waals surface area (Å²) in [5.41, 5.74) is 0.993. The predicted octanol–water partition coefficient (Wildman–Crippen LogP) is 2.17. The number of hydrogen-bond acceptors (Lipinski definition) is 4. The summed E-state index contributed by atoms with van der Waals surface area (Å²) in [6, 6.07) is 2.01. The van der Waals surface area contributed by atoms with Crippen molar-refractivity contribution in [3.05, 3.63) is 22.4 Å². The van der Waals surface area contributed by atoms with E-state index in [1.807, 2.05) is 26.6 Å². The Morgan fingerprint density at radius 1 is 1.20 bits per heavy atom. The van der Waals surface area contributed by atoms with E-state index in [9.17, 15) is 9.59 Å². The van der Waals surface area contributed by atoms with Gasteiger partial charge in [-0.15, -0.1) is 0 Å². The topological polar surface area (TPSA) is 49.9 Å². The lowest BCUT2D eigenvalue weighted by Gasteiger charge is -2.38. The van der Waals surface area contributed by atoms with E-state index in [0.717, 1.165) is 44.3 Å². The SMILES string of the molecule is O=C(Cc1ccsc1)N1C[C@@H](C(=O)N2CCCC2)C2(CCOCC2)C1. The minimum absolute atomic E-state index is 0.0547. The van der Waals surface area contributed by atoms with E-state index in [-0.39, 0.29) is 23.1 Å². The Labute approximate surface area is 152 Å². The van der Waals surface area contributed by atoms with Crippen molar-refractivity contribution in [3.8, 4) is 0 Å². The van der Waals surface area contributed by atoms with E-state index in [4.69, 9.17) is 4.74 Å². The van der Waals surface area contributed by atoms with Gasteiger partial charge in [-0.2, -0.15) is 11.3 Å². The first-order chi connectivity index (χ1) is 12.2. The third kappa shape index (κ3) is 3.34. The maximum absolute atomic E-state index is 13.2. The van der Waals surface area contributed by atoms with Crippen LogP contribution in [0.1, 0.15) is 31.2 Å². The maximum Gasteiger partial charge on any atom is 0.228 e. The molecule has 1 spiro atoms. The van der Waals surface area contributed by atoms with Gasteiger partial charge in [-0.25, -0.2) is 0 Å². The van der Waals surface area contributed by atoms with Crippen LogP contribution in [0.3, 0.4) is 0 Å². The summed E-state index contributed by atoms with van der Waals surface area (Å²) >= 11 is 1.62. The second-order valence-corrected chi connectivity index (χ2v) is 8.42. The van der Waals surface area contributed by atoms with Gasteiger partial charge in [0.25, 0.3) is 0 Å². The normalized spacial score (nSPS) is 25.7. The Balaban J connectivity index is 1.51. The average Bonchev–Trinajstić information content (AvgIpc) is 3.36. The van der Waals surface area contributed by atoms with Gasteiger partial charge in [0.2, 0.25) is 11.8 Å². The van der Waals surface area contributed by atoms with Crippen LogP contribution >= 0.6 is 11.3 Å². The molecule has 5 nitrogen and oxygen atoms in total. The number of ether oxygens (including phenoxy) is 1. The molecule has 0 radical (unpaired) electrons. The molecule has 0 bridgehead atoms. The Hall–Kier alpha value is -1.40. The molecule has 3 fully saturated rings. The molecule has 0 aromatic carbocycles. The summed E-state index contributed by atoms with van der Waals surface area (Å²) in [6.45, 7) is 4.46. The molecule has 0 aliphatic carbocycles. The van der Waals surface area contributed by atoms with Crippen molar-refractivity contribution in [3.63, 3.8) is 0 Å². The minimum Gasteiger partial charge on any atom is -0.381 e. The van der Waals surface area contributed by atoms with Gasteiger partial charge >= 0.3 is 0 Å². The highest BCUT2D eigenvalue weighted by Gasteiger charge is 2.52. The van der Waals surface area contributed by atoms with Crippen molar-refractivity contribution in [2.45, 2.75) is 32.1 Å². The summed E-state index contributed by atoms with van der Waals surface area (Å²) in [4.78, 5) is 29.9. The lowest BCUT2D eigenvalue weighted by molar-refractivity contribution is -0.139. The van der Waals surface area contributed by atoms with Crippen LogP contribution in [0.4, 0.5) is 0 Å². The summed E-state index contributed by atoms with van der Waals surface area (Å²) in [7, 11) is 0. The quantitative estimate of drug-likeness (QED) is 0.828. The Morgan fingerprint density at radius 2 is 1.96 bits per heavy atom. The summed E-state index contributed by atoms with van der Waals surface area (Å²) in [6.07, 6.45) is 4.43. The number of nitrogens with zero attached hydrogens (tertiary/aromatic N) is 2. The van der Waals surface area contributed by atoms with Gasteiger partial charge in [0.05, 0.1) is 12.3 Å². The molecule has 3 aliphatic rings. The van der Waals surface area contributed by atoms with Crippen LogP contribution in [0, 0.1) is 11.3 Å². The number of rotatable bonds is 3. The zero-order valence-corrected chi connectivity index (χ0v) is 15.4. The van der Waals surface area contributed by atoms with Gasteiger partial charge in [-0.3, -0.25) is 9.59 Å². The molecule has 4 rings (SSSR count). The molecule has 4 heterocycles. The molecule has 1 atom stereocenters. The fraction of sp³-hybridized carbons (Fsp3) is 0.684. The third-order valence-corrected chi connectivity index (χ3v) is 6.87. The Kier molecular flexibility index (Phi) is 4.82. The molecule has 0 unspecified atom stereocenters.